The summed E-state index contributed by atoms with van der Waals surface area (Å²) in [5.74, 6) is -0.730. The summed E-state index contributed by atoms with van der Waals surface area (Å²) < 4.78 is 15.2. The van der Waals surface area contributed by atoms with Gasteiger partial charge in [-0.25, -0.2) is 0 Å². The van der Waals surface area contributed by atoms with E-state index < -0.39 is 0 Å². The molecule has 0 heterocycles. The van der Waals surface area contributed by atoms with Crippen molar-refractivity contribution < 1.29 is 28.6 Å². The van der Waals surface area contributed by atoms with Crippen LogP contribution in [0.2, 0.25) is 0 Å². The maximum Gasteiger partial charge on any atom is 0.310 e. The Morgan fingerprint density at radius 2 is 0.643 bits per heavy atom. The van der Waals surface area contributed by atoms with Crippen molar-refractivity contribution in [1.29, 1.82) is 0 Å². The summed E-state index contributed by atoms with van der Waals surface area (Å²) in [5.41, 5.74) is 8.80. The monoisotopic (exact) mass is 564 g/mol. The fraction of sp³-hybridized carbons (Fsp3) is 0.250. The molecule has 0 bridgehead atoms. The molecule has 0 amide bonds. The van der Waals surface area contributed by atoms with Crippen molar-refractivity contribution in [3.8, 4) is 33.4 Å². The molecule has 0 aliphatic carbocycles. The maximum atomic E-state index is 11.9. The van der Waals surface area contributed by atoms with Crippen LogP contribution in [-0.4, -0.2) is 37.7 Å². The summed E-state index contributed by atoms with van der Waals surface area (Å²) in [4.78, 5) is 35.8. The van der Waals surface area contributed by atoms with E-state index in [1.165, 1.54) is 0 Å². The number of carbonyl (C=O) groups excluding carboxylic acids is 3. The number of ether oxygens (including phenoxy) is 3. The molecule has 6 heteroatoms. The van der Waals surface area contributed by atoms with E-state index in [1.54, 1.807) is 20.8 Å². The third-order valence-corrected chi connectivity index (χ3v) is 6.76. The smallest absolute Gasteiger partial charge is 0.310 e. The number of rotatable bonds is 12. The Morgan fingerprint density at radius 3 is 0.857 bits per heavy atom. The van der Waals surface area contributed by atoms with Crippen LogP contribution in [0.5, 0.6) is 0 Å². The molecule has 0 fully saturated rings. The first kappa shape index (κ1) is 30.3. The van der Waals surface area contributed by atoms with Gasteiger partial charge in [0.25, 0.3) is 0 Å². The average Bonchev–Trinajstić information content (AvgIpc) is 2.98. The van der Waals surface area contributed by atoms with Crippen LogP contribution in [-0.2, 0) is 47.9 Å². The van der Waals surface area contributed by atoms with Crippen LogP contribution in [0.25, 0.3) is 33.4 Å². The van der Waals surface area contributed by atoms with Gasteiger partial charge in [-0.1, -0.05) is 72.8 Å². The van der Waals surface area contributed by atoms with E-state index in [0.717, 1.165) is 50.1 Å². The molecule has 4 aromatic rings. The Morgan fingerprint density at radius 1 is 0.405 bits per heavy atom. The number of benzene rings is 4. The third-order valence-electron chi connectivity index (χ3n) is 6.76. The fourth-order valence-electron chi connectivity index (χ4n) is 4.71. The van der Waals surface area contributed by atoms with Gasteiger partial charge in [0, 0.05) is 0 Å². The Labute approximate surface area is 247 Å². The van der Waals surface area contributed by atoms with Gasteiger partial charge in [0.2, 0.25) is 0 Å². The lowest BCUT2D eigenvalue weighted by molar-refractivity contribution is -0.143. The largest absolute Gasteiger partial charge is 0.466 e. The molecule has 0 atom stereocenters. The molecule has 0 spiro atoms. The van der Waals surface area contributed by atoms with Crippen molar-refractivity contribution in [2.75, 3.05) is 19.8 Å². The lowest BCUT2D eigenvalue weighted by atomic mass is 9.92. The predicted octanol–water partition coefficient (Wildman–Crippen LogP) is 7.00. The molecule has 4 rings (SSSR count). The van der Waals surface area contributed by atoms with Crippen molar-refractivity contribution in [3.05, 3.63) is 108 Å². The first-order chi connectivity index (χ1) is 20.4. The number of esters is 3. The first-order valence-corrected chi connectivity index (χ1v) is 14.3. The molecule has 6 nitrogen and oxygen atoms in total. The summed E-state index contributed by atoms with van der Waals surface area (Å²) >= 11 is 0. The summed E-state index contributed by atoms with van der Waals surface area (Å²) in [5, 5.41) is 0. The maximum absolute atomic E-state index is 11.9. The van der Waals surface area contributed by atoms with Crippen LogP contribution in [0.3, 0.4) is 0 Å². The third kappa shape index (κ3) is 8.40. The molecule has 4 aromatic carbocycles. The van der Waals surface area contributed by atoms with Gasteiger partial charge in [-0.05, 0) is 89.0 Å². The van der Waals surface area contributed by atoms with Gasteiger partial charge in [-0.2, -0.15) is 0 Å². The van der Waals surface area contributed by atoms with Crippen LogP contribution < -0.4 is 0 Å². The Bertz CT molecular complexity index is 1310. The van der Waals surface area contributed by atoms with Gasteiger partial charge in [0.05, 0.1) is 39.1 Å². The van der Waals surface area contributed by atoms with Crippen molar-refractivity contribution in [3.63, 3.8) is 0 Å². The number of carbonyl (C=O) groups is 3. The summed E-state index contributed by atoms with van der Waals surface area (Å²) in [6, 6.07) is 30.2. The molecule has 216 valence electrons. The zero-order valence-electron chi connectivity index (χ0n) is 24.4. The molecular weight excluding hydrogens is 528 g/mol. The molecule has 0 radical (unpaired) electrons. The van der Waals surface area contributed by atoms with Gasteiger partial charge >= 0.3 is 17.9 Å². The fourth-order valence-corrected chi connectivity index (χ4v) is 4.71. The average molecular weight is 565 g/mol. The number of hydrogen-bond acceptors (Lipinski definition) is 6. The molecule has 0 N–H and O–H groups in total. The minimum absolute atomic E-state index is 0.232. The summed E-state index contributed by atoms with van der Waals surface area (Å²) in [6.45, 7) is 6.48. The standard InChI is InChI=1S/C36H36O6/c1-4-40-34(37)19-25-7-13-28(14-8-25)31-22-32(29-15-9-26(10-16-29)20-35(38)41-5-2)24-33(23-31)30-17-11-27(12-18-30)21-36(39)42-6-3/h7-18,22-24H,4-6,19-21H2,1-3H3. The van der Waals surface area contributed by atoms with Gasteiger partial charge in [0.1, 0.15) is 0 Å². The molecule has 0 unspecified atom stereocenters. The second-order valence-electron chi connectivity index (χ2n) is 9.84. The van der Waals surface area contributed by atoms with Crippen molar-refractivity contribution in [1.82, 2.24) is 0 Å². The summed E-state index contributed by atoms with van der Waals surface area (Å²) in [6.07, 6.45) is 0.696. The molecule has 0 aliphatic rings. The lowest BCUT2D eigenvalue weighted by Gasteiger charge is -2.13. The van der Waals surface area contributed by atoms with Gasteiger partial charge < -0.3 is 14.2 Å². The molecule has 0 aliphatic heterocycles. The highest BCUT2D eigenvalue weighted by Crippen LogP contribution is 2.33. The van der Waals surface area contributed by atoms with Gasteiger partial charge in [-0.15, -0.1) is 0 Å². The minimum Gasteiger partial charge on any atom is -0.466 e. The van der Waals surface area contributed by atoms with Crippen molar-refractivity contribution >= 4 is 17.9 Å². The highest BCUT2D eigenvalue weighted by Gasteiger charge is 2.11. The van der Waals surface area contributed by atoms with E-state index in [9.17, 15) is 14.4 Å². The molecule has 42 heavy (non-hydrogen) atoms. The van der Waals surface area contributed by atoms with E-state index in [-0.39, 0.29) is 37.2 Å². The Hall–Kier alpha value is -4.71. The van der Waals surface area contributed by atoms with E-state index in [2.05, 4.69) is 18.2 Å². The van der Waals surface area contributed by atoms with Crippen molar-refractivity contribution in [2.24, 2.45) is 0 Å². The van der Waals surface area contributed by atoms with E-state index in [0.29, 0.717) is 19.8 Å². The summed E-state index contributed by atoms with van der Waals surface area (Å²) in [7, 11) is 0. The SMILES string of the molecule is CCOC(=O)Cc1ccc(-c2cc(-c3ccc(CC(=O)OCC)cc3)cc(-c3ccc(CC(=O)OCC)cc3)c2)cc1. The van der Waals surface area contributed by atoms with Crippen LogP contribution >= 0.6 is 0 Å². The quantitative estimate of drug-likeness (QED) is 0.136. The second kappa shape index (κ2) is 14.8. The predicted molar refractivity (Wildman–Crippen MR) is 164 cm³/mol. The van der Waals surface area contributed by atoms with E-state index in [4.69, 9.17) is 14.2 Å². The number of hydrogen-bond donors (Lipinski definition) is 0. The highest BCUT2D eigenvalue weighted by atomic mass is 16.5. The van der Waals surface area contributed by atoms with Crippen molar-refractivity contribution in [2.45, 2.75) is 40.0 Å². The van der Waals surface area contributed by atoms with Crippen LogP contribution in [0.4, 0.5) is 0 Å². The minimum atomic E-state index is -0.243. The highest BCUT2D eigenvalue weighted by molar-refractivity contribution is 5.82. The first-order valence-electron chi connectivity index (χ1n) is 14.3. The normalized spacial score (nSPS) is 10.6. The van der Waals surface area contributed by atoms with E-state index >= 15 is 0 Å². The Balaban J connectivity index is 1.67. The molecule has 0 saturated carbocycles. The zero-order chi connectivity index (χ0) is 29.9. The van der Waals surface area contributed by atoms with Crippen LogP contribution in [0, 0.1) is 0 Å². The van der Waals surface area contributed by atoms with Crippen LogP contribution in [0.15, 0.2) is 91.0 Å². The molecular formula is C36H36O6. The second-order valence-corrected chi connectivity index (χ2v) is 9.84. The van der Waals surface area contributed by atoms with E-state index in [1.807, 2.05) is 72.8 Å². The topological polar surface area (TPSA) is 78.9 Å². The van der Waals surface area contributed by atoms with Gasteiger partial charge in [0.15, 0.2) is 0 Å². The van der Waals surface area contributed by atoms with Gasteiger partial charge in [-0.3, -0.25) is 14.4 Å². The molecule has 0 saturated heterocycles. The lowest BCUT2D eigenvalue weighted by Crippen LogP contribution is -2.07. The molecule has 0 aromatic heterocycles. The zero-order valence-corrected chi connectivity index (χ0v) is 24.4. The van der Waals surface area contributed by atoms with Crippen LogP contribution in [0.1, 0.15) is 37.5 Å². The Kier molecular flexibility index (Phi) is 10.6.